The predicted octanol–water partition coefficient (Wildman–Crippen LogP) is 3.97. The number of hydrogen-bond acceptors (Lipinski definition) is 5. The molecule has 144 valence electrons. The Morgan fingerprint density at radius 1 is 0.926 bits per heavy atom. The number of carbonyl (C=O) groups excluding carboxylic acids is 1. The fraction of sp³-hybridized carbons (Fsp3) is 0.211. The van der Waals surface area contributed by atoms with Crippen molar-refractivity contribution in [2.24, 2.45) is 0 Å². The van der Waals surface area contributed by atoms with Crippen LogP contribution in [0.25, 0.3) is 6.08 Å². The molecule has 0 bridgehead atoms. The summed E-state index contributed by atoms with van der Waals surface area (Å²) >= 11 is 0. The highest BCUT2D eigenvalue weighted by Gasteiger charge is 2.10. The number of anilines is 1. The van der Waals surface area contributed by atoms with Crippen LogP contribution in [-0.4, -0.2) is 33.8 Å². The Labute approximate surface area is 155 Å². The van der Waals surface area contributed by atoms with E-state index in [1.165, 1.54) is 51.7 Å². The van der Waals surface area contributed by atoms with E-state index >= 15 is 0 Å². The Morgan fingerprint density at radius 3 is 2.19 bits per heavy atom. The van der Waals surface area contributed by atoms with Crippen molar-refractivity contribution in [1.29, 1.82) is 0 Å². The van der Waals surface area contributed by atoms with Crippen molar-refractivity contribution >= 4 is 17.7 Å². The highest BCUT2D eigenvalue weighted by molar-refractivity contribution is 6.02. The smallest absolute Gasteiger partial charge is 0.387 e. The van der Waals surface area contributed by atoms with Gasteiger partial charge < -0.3 is 24.3 Å². The molecular formula is C19H19F2NO5. The molecule has 0 aliphatic heterocycles. The van der Waals surface area contributed by atoms with Crippen LogP contribution in [0.3, 0.4) is 0 Å². The molecule has 0 aromatic heterocycles. The summed E-state index contributed by atoms with van der Waals surface area (Å²) in [7, 11) is 4.35. The lowest BCUT2D eigenvalue weighted by Crippen LogP contribution is -2.08. The Hall–Kier alpha value is -3.29. The van der Waals surface area contributed by atoms with Gasteiger partial charge >= 0.3 is 6.61 Å². The molecule has 0 aliphatic rings. The fourth-order valence-corrected chi connectivity index (χ4v) is 2.25. The first-order valence-corrected chi connectivity index (χ1v) is 7.80. The number of benzene rings is 2. The van der Waals surface area contributed by atoms with E-state index in [4.69, 9.17) is 14.2 Å². The van der Waals surface area contributed by atoms with Crippen LogP contribution in [0.5, 0.6) is 23.0 Å². The quantitative estimate of drug-likeness (QED) is 0.703. The minimum Gasteiger partial charge on any atom is -0.493 e. The number of methoxy groups -OCH3 is 3. The van der Waals surface area contributed by atoms with Gasteiger partial charge in [-0.15, -0.1) is 0 Å². The number of carbonyl (C=O) groups is 1. The van der Waals surface area contributed by atoms with Gasteiger partial charge in [-0.2, -0.15) is 8.78 Å². The lowest BCUT2D eigenvalue weighted by Gasteiger charge is -2.10. The number of ether oxygens (including phenoxy) is 4. The third-order valence-electron chi connectivity index (χ3n) is 3.48. The molecule has 0 unspecified atom stereocenters. The lowest BCUT2D eigenvalue weighted by atomic mass is 10.2. The maximum absolute atomic E-state index is 12.3. The molecular weight excluding hydrogens is 360 g/mol. The number of halogens is 2. The average molecular weight is 379 g/mol. The summed E-state index contributed by atoms with van der Waals surface area (Å²) in [6.45, 7) is -2.95. The van der Waals surface area contributed by atoms with Gasteiger partial charge in [0.1, 0.15) is 0 Å². The Kier molecular flexibility index (Phi) is 6.99. The molecule has 0 radical (unpaired) electrons. The van der Waals surface area contributed by atoms with Crippen molar-refractivity contribution in [3.63, 3.8) is 0 Å². The zero-order valence-corrected chi connectivity index (χ0v) is 15.0. The van der Waals surface area contributed by atoms with Gasteiger partial charge in [0, 0.05) is 17.8 Å². The molecule has 0 saturated carbocycles. The summed E-state index contributed by atoms with van der Waals surface area (Å²) in [4.78, 5) is 12.1. The average Bonchev–Trinajstić information content (AvgIpc) is 2.66. The molecule has 8 heteroatoms. The second kappa shape index (κ2) is 9.42. The van der Waals surface area contributed by atoms with Crippen LogP contribution < -0.4 is 24.3 Å². The maximum Gasteiger partial charge on any atom is 0.387 e. The van der Waals surface area contributed by atoms with E-state index < -0.39 is 6.61 Å². The minimum absolute atomic E-state index is 0.0839. The molecule has 27 heavy (non-hydrogen) atoms. The molecule has 2 aromatic carbocycles. The van der Waals surface area contributed by atoms with E-state index in [0.717, 1.165) is 0 Å². The molecule has 0 atom stereocenters. The van der Waals surface area contributed by atoms with Gasteiger partial charge in [-0.25, -0.2) is 0 Å². The van der Waals surface area contributed by atoms with Crippen LogP contribution in [0.4, 0.5) is 14.5 Å². The number of nitrogens with one attached hydrogen (secondary N) is 1. The van der Waals surface area contributed by atoms with Crippen LogP contribution in [0.15, 0.2) is 42.5 Å². The monoisotopic (exact) mass is 379 g/mol. The number of amides is 1. The second-order valence-electron chi connectivity index (χ2n) is 5.18. The van der Waals surface area contributed by atoms with Crippen LogP contribution in [0.2, 0.25) is 0 Å². The van der Waals surface area contributed by atoms with Crippen molar-refractivity contribution in [2.45, 2.75) is 6.61 Å². The highest BCUT2D eigenvalue weighted by Crippen LogP contribution is 2.31. The summed E-state index contributed by atoms with van der Waals surface area (Å²) in [5, 5.41) is 2.69. The lowest BCUT2D eigenvalue weighted by molar-refractivity contribution is -0.111. The summed E-state index contributed by atoms with van der Waals surface area (Å²) in [5.41, 5.74) is 1.11. The summed E-state index contributed by atoms with van der Waals surface area (Å²) in [6.07, 6.45) is 2.82. The van der Waals surface area contributed by atoms with Gasteiger partial charge in [0.2, 0.25) is 5.91 Å². The van der Waals surface area contributed by atoms with E-state index in [1.54, 1.807) is 18.2 Å². The first kappa shape index (κ1) is 20.0. The second-order valence-corrected chi connectivity index (χ2v) is 5.18. The highest BCUT2D eigenvalue weighted by atomic mass is 19.3. The van der Waals surface area contributed by atoms with E-state index in [2.05, 4.69) is 10.1 Å². The predicted molar refractivity (Wildman–Crippen MR) is 96.8 cm³/mol. The summed E-state index contributed by atoms with van der Waals surface area (Å²) < 4.78 is 44.4. The summed E-state index contributed by atoms with van der Waals surface area (Å²) in [5.74, 6) is 0.703. The standard InChI is InChI=1S/C19H19F2NO5/c1-24-14-8-6-13(11-17(14)26-3)22-18(23)9-5-12-4-7-15(27-19(20)21)16(10-12)25-2/h4-11,19H,1-3H3,(H,22,23)/b9-5+. The Morgan fingerprint density at radius 2 is 1.56 bits per heavy atom. The first-order valence-electron chi connectivity index (χ1n) is 7.80. The van der Waals surface area contributed by atoms with Gasteiger partial charge in [0.25, 0.3) is 0 Å². The molecule has 0 heterocycles. The molecule has 1 amide bonds. The van der Waals surface area contributed by atoms with Crippen LogP contribution >= 0.6 is 0 Å². The van der Waals surface area contributed by atoms with Crippen LogP contribution in [0.1, 0.15) is 5.56 Å². The van der Waals surface area contributed by atoms with Gasteiger partial charge in [-0.3, -0.25) is 4.79 Å². The molecule has 2 aromatic rings. The fourth-order valence-electron chi connectivity index (χ4n) is 2.25. The maximum atomic E-state index is 12.3. The van der Waals surface area contributed by atoms with Gasteiger partial charge in [-0.1, -0.05) is 6.07 Å². The van der Waals surface area contributed by atoms with E-state index in [0.29, 0.717) is 22.7 Å². The molecule has 1 N–H and O–H groups in total. The van der Waals surface area contributed by atoms with Crippen molar-refractivity contribution in [3.05, 3.63) is 48.0 Å². The normalized spacial score (nSPS) is 10.7. The molecule has 0 spiro atoms. The Bertz CT molecular complexity index is 824. The SMILES string of the molecule is COc1ccc(NC(=O)/C=C/c2ccc(OC(F)F)c(OC)c2)cc1OC. The topological polar surface area (TPSA) is 66.0 Å². The molecule has 0 aliphatic carbocycles. The Balaban J connectivity index is 2.08. The minimum atomic E-state index is -2.95. The third-order valence-corrected chi connectivity index (χ3v) is 3.48. The summed E-state index contributed by atoms with van der Waals surface area (Å²) in [6, 6.07) is 9.33. The van der Waals surface area contributed by atoms with E-state index in [1.807, 2.05) is 0 Å². The molecule has 2 rings (SSSR count). The molecule has 0 saturated heterocycles. The zero-order chi connectivity index (χ0) is 19.8. The number of alkyl halides is 2. The molecule has 0 fully saturated rings. The number of rotatable bonds is 8. The number of hydrogen-bond donors (Lipinski definition) is 1. The zero-order valence-electron chi connectivity index (χ0n) is 15.0. The van der Waals surface area contributed by atoms with Crippen LogP contribution in [-0.2, 0) is 4.79 Å². The van der Waals surface area contributed by atoms with Gasteiger partial charge in [0.15, 0.2) is 23.0 Å². The largest absolute Gasteiger partial charge is 0.493 e. The van der Waals surface area contributed by atoms with Crippen molar-refractivity contribution < 1.29 is 32.5 Å². The van der Waals surface area contributed by atoms with Crippen LogP contribution in [0, 0.1) is 0 Å². The van der Waals surface area contributed by atoms with Crippen molar-refractivity contribution in [2.75, 3.05) is 26.6 Å². The third kappa shape index (κ3) is 5.60. The molecule has 6 nitrogen and oxygen atoms in total. The first-order chi connectivity index (χ1) is 13.0. The van der Waals surface area contributed by atoms with Crippen molar-refractivity contribution in [3.8, 4) is 23.0 Å². The van der Waals surface area contributed by atoms with E-state index in [-0.39, 0.29) is 17.4 Å². The van der Waals surface area contributed by atoms with Crippen molar-refractivity contribution in [1.82, 2.24) is 0 Å². The van der Waals surface area contributed by atoms with Gasteiger partial charge in [-0.05, 0) is 35.9 Å². The van der Waals surface area contributed by atoms with Gasteiger partial charge in [0.05, 0.1) is 21.3 Å². The van der Waals surface area contributed by atoms with E-state index in [9.17, 15) is 13.6 Å².